The van der Waals surface area contributed by atoms with Crippen molar-refractivity contribution in [1.29, 1.82) is 0 Å². The molecule has 1 aromatic rings. The summed E-state index contributed by atoms with van der Waals surface area (Å²) in [4.78, 5) is -0.0790. The number of H-pyrrole nitrogens is 1. The third-order valence-corrected chi connectivity index (χ3v) is 4.98. The number of hydrogen-bond donors (Lipinski definition) is 4. The fourth-order valence-corrected chi connectivity index (χ4v) is 3.51. The van der Waals surface area contributed by atoms with E-state index in [4.69, 9.17) is 5.73 Å². The summed E-state index contributed by atoms with van der Waals surface area (Å²) >= 11 is 0. The molecule has 0 unspecified atom stereocenters. The van der Waals surface area contributed by atoms with E-state index < -0.39 is 15.6 Å². The lowest BCUT2D eigenvalue weighted by Crippen LogP contribution is -2.42. The van der Waals surface area contributed by atoms with E-state index in [1.54, 1.807) is 0 Å². The van der Waals surface area contributed by atoms with Crippen molar-refractivity contribution in [2.24, 2.45) is 0 Å². The average Bonchev–Trinajstić information content (AvgIpc) is 2.67. The van der Waals surface area contributed by atoms with Gasteiger partial charge < -0.3 is 10.8 Å². The summed E-state index contributed by atoms with van der Waals surface area (Å²) in [6.45, 7) is 0.0138. The molecular weight excluding hydrogens is 268 g/mol. The molecule has 19 heavy (non-hydrogen) atoms. The first-order valence-corrected chi connectivity index (χ1v) is 7.92. The summed E-state index contributed by atoms with van der Waals surface area (Å²) in [5, 5.41) is 16.4. The number of anilines is 1. The normalized spacial score (nSPS) is 20.1. The van der Waals surface area contributed by atoms with Crippen LogP contribution in [0.2, 0.25) is 0 Å². The maximum atomic E-state index is 12.0. The molecule has 7 nitrogen and oxygen atoms in total. The van der Waals surface area contributed by atoms with Crippen LogP contribution < -0.4 is 10.5 Å². The Kier molecular flexibility index (Phi) is 4.12. The fraction of sp³-hybridized carbons (Fsp3) is 0.727. The highest BCUT2D eigenvalue weighted by molar-refractivity contribution is 7.89. The van der Waals surface area contributed by atoms with E-state index in [0.717, 1.165) is 31.9 Å². The number of nitrogens with two attached hydrogens (primary N) is 1. The molecule has 2 rings (SSSR count). The van der Waals surface area contributed by atoms with Crippen LogP contribution in [0.3, 0.4) is 0 Å². The average molecular weight is 288 g/mol. The van der Waals surface area contributed by atoms with E-state index in [9.17, 15) is 13.5 Å². The Balaban J connectivity index is 2.03. The summed E-state index contributed by atoms with van der Waals surface area (Å²) in [5.74, 6) is 0.000330. The second kappa shape index (κ2) is 5.48. The third-order valence-electron chi connectivity index (χ3n) is 3.55. The number of aliphatic hydroxyl groups is 1. The van der Waals surface area contributed by atoms with E-state index in [1.807, 2.05) is 0 Å². The highest BCUT2D eigenvalue weighted by Gasteiger charge is 2.30. The molecule has 1 aromatic heterocycles. The molecule has 0 atom stereocenters. The molecule has 0 aliphatic heterocycles. The molecule has 0 aromatic carbocycles. The first kappa shape index (κ1) is 14.3. The van der Waals surface area contributed by atoms with Crippen molar-refractivity contribution in [1.82, 2.24) is 14.9 Å². The van der Waals surface area contributed by atoms with Gasteiger partial charge >= 0.3 is 0 Å². The van der Waals surface area contributed by atoms with Gasteiger partial charge in [0.05, 0.1) is 11.8 Å². The van der Waals surface area contributed by atoms with Gasteiger partial charge in [0.1, 0.15) is 10.7 Å². The van der Waals surface area contributed by atoms with Crippen molar-refractivity contribution >= 4 is 15.8 Å². The maximum absolute atomic E-state index is 12.0. The number of nitrogens with one attached hydrogen (secondary N) is 2. The Labute approximate surface area is 112 Å². The second-order valence-electron chi connectivity index (χ2n) is 5.11. The molecule has 1 fully saturated rings. The van der Waals surface area contributed by atoms with Gasteiger partial charge in [-0.25, -0.2) is 13.1 Å². The molecule has 1 aliphatic carbocycles. The summed E-state index contributed by atoms with van der Waals surface area (Å²) in [6.07, 6.45) is 6.42. The molecule has 0 amide bonds. The third kappa shape index (κ3) is 3.46. The first-order valence-electron chi connectivity index (χ1n) is 6.44. The van der Waals surface area contributed by atoms with E-state index >= 15 is 0 Å². The first-order chi connectivity index (χ1) is 8.93. The molecule has 0 bridgehead atoms. The van der Waals surface area contributed by atoms with Crippen LogP contribution in [0.4, 0.5) is 5.82 Å². The number of hydrogen-bond acceptors (Lipinski definition) is 5. The molecule has 1 saturated carbocycles. The zero-order valence-corrected chi connectivity index (χ0v) is 11.5. The lowest BCUT2D eigenvalue weighted by atomic mass is 9.95. The smallest absolute Gasteiger partial charge is 0.245 e. The number of sulfonamides is 1. The van der Waals surface area contributed by atoms with Gasteiger partial charge in [0, 0.05) is 6.54 Å². The molecule has 0 spiro atoms. The van der Waals surface area contributed by atoms with Gasteiger partial charge in [0.15, 0.2) is 0 Å². The standard InChI is InChI=1S/C11H20N4O3S/c12-10-9(7-13-15-10)19(17,18)14-8-11(16)5-3-1-2-4-6-11/h7,14,16H,1-6,8H2,(H3,12,13,15). The summed E-state index contributed by atoms with van der Waals surface area (Å²) in [6, 6.07) is 0. The summed E-state index contributed by atoms with van der Waals surface area (Å²) in [7, 11) is -3.73. The number of rotatable bonds is 4. The van der Waals surface area contributed by atoms with Gasteiger partial charge in [-0.05, 0) is 12.8 Å². The molecule has 108 valence electrons. The summed E-state index contributed by atoms with van der Waals surface area (Å²) < 4.78 is 26.5. The van der Waals surface area contributed by atoms with Gasteiger partial charge in [-0.15, -0.1) is 0 Å². The van der Waals surface area contributed by atoms with Crippen LogP contribution in [0.15, 0.2) is 11.1 Å². The van der Waals surface area contributed by atoms with E-state index in [2.05, 4.69) is 14.9 Å². The lowest BCUT2D eigenvalue weighted by Gasteiger charge is -2.26. The molecule has 0 radical (unpaired) electrons. The van der Waals surface area contributed by atoms with Gasteiger partial charge in [0.25, 0.3) is 0 Å². The van der Waals surface area contributed by atoms with Crippen molar-refractivity contribution in [2.45, 2.75) is 49.0 Å². The molecule has 8 heteroatoms. The molecular formula is C11H20N4O3S. The Morgan fingerprint density at radius 2 is 2.00 bits per heavy atom. The quantitative estimate of drug-likeness (QED) is 0.596. The van der Waals surface area contributed by atoms with Gasteiger partial charge in [-0.1, -0.05) is 25.7 Å². The predicted octanol–water partition coefficient (Wildman–Crippen LogP) is 0.355. The number of nitrogens with zero attached hydrogens (tertiary/aromatic N) is 1. The fourth-order valence-electron chi connectivity index (χ4n) is 2.37. The van der Waals surface area contributed by atoms with Crippen molar-refractivity contribution in [3.05, 3.63) is 6.20 Å². The molecule has 1 heterocycles. The van der Waals surface area contributed by atoms with Crippen LogP contribution in [0.5, 0.6) is 0 Å². The Bertz CT molecular complexity index is 518. The monoisotopic (exact) mass is 288 g/mol. The molecule has 5 N–H and O–H groups in total. The minimum atomic E-state index is -3.73. The van der Waals surface area contributed by atoms with Crippen LogP contribution in [0.25, 0.3) is 0 Å². The van der Waals surface area contributed by atoms with Crippen LogP contribution in [0.1, 0.15) is 38.5 Å². The SMILES string of the molecule is Nc1[nH]ncc1S(=O)(=O)NCC1(O)CCCCCC1. The van der Waals surface area contributed by atoms with Crippen LogP contribution >= 0.6 is 0 Å². The van der Waals surface area contributed by atoms with Gasteiger partial charge in [-0.3, -0.25) is 5.10 Å². The van der Waals surface area contributed by atoms with Crippen molar-refractivity contribution in [3.8, 4) is 0 Å². The minimum Gasteiger partial charge on any atom is -0.389 e. The van der Waals surface area contributed by atoms with Crippen molar-refractivity contribution in [3.63, 3.8) is 0 Å². The van der Waals surface area contributed by atoms with Gasteiger partial charge in [-0.2, -0.15) is 5.10 Å². The predicted molar refractivity (Wildman–Crippen MR) is 70.8 cm³/mol. The topological polar surface area (TPSA) is 121 Å². The second-order valence-corrected chi connectivity index (χ2v) is 6.85. The lowest BCUT2D eigenvalue weighted by molar-refractivity contribution is 0.0303. The van der Waals surface area contributed by atoms with E-state index in [-0.39, 0.29) is 17.3 Å². The molecule has 0 saturated heterocycles. The summed E-state index contributed by atoms with van der Waals surface area (Å²) in [5.41, 5.74) is 4.54. The van der Waals surface area contributed by atoms with Crippen molar-refractivity contribution < 1.29 is 13.5 Å². The zero-order chi connectivity index (χ0) is 13.9. The van der Waals surface area contributed by atoms with Crippen LogP contribution in [0, 0.1) is 0 Å². The van der Waals surface area contributed by atoms with Crippen LogP contribution in [-0.4, -0.2) is 35.9 Å². The van der Waals surface area contributed by atoms with Crippen molar-refractivity contribution in [2.75, 3.05) is 12.3 Å². The van der Waals surface area contributed by atoms with Gasteiger partial charge in [0.2, 0.25) is 10.0 Å². The highest BCUT2D eigenvalue weighted by Crippen LogP contribution is 2.27. The maximum Gasteiger partial charge on any atom is 0.245 e. The largest absolute Gasteiger partial charge is 0.389 e. The van der Waals surface area contributed by atoms with E-state index in [1.165, 1.54) is 0 Å². The number of aromatic nitrogens is 2. The Morgan fingerprint density at radius 3 is 2.53 bits per heavy atom. The van der Waals surface area contributed by atoms with Crippen LogP contribution in [-0.2, 0) is 10.0 Å². The number of aromatic amines is 1. The molecule has 1 aliphatic rings. The Morgan fingerprint density at radius 1 is 1.37 bits per heavy atom. The highest BCUT2D eigenvalue weighted by atomic mass is 32.2. The zero-order valence-electron chi connectivity index (χ0n) is 10.7. The minimum absolute atomic E-state index is 0.000330. The van der Waals surface area contributed by atoms with E-state index in [0.29, 0.717) is 12.8 Å². The number of nitrogen functional groups attached to an aromatic ring is 1. The Hall–Kier alpha value is -1.12.